The van der Waals surface area contributed by atoms with E-state index < -0.39 is 4.92 Å². The third-order valence-corrected chi connectivity index (χ3v) is 3.32. The van der Waals surface area contributed by atoms with E-state index >= 15 is 0 Å². The van der Waals surface area contributed by atoms with E-state index in [-0.39, 0.29) is 11.5 Å². The molecule has 0 saturated carbocycles. The molecule has 0 saturated heterocycles. The van der Waals surface area contributed by atoms with Gasteiger partial charge in [-0.3, -0.25) is 10.1 Å². The molecule has 0 spiro atoms. The zero-order valence-corrected chi connectivity index (χ0v) is 12.0. The van der Waals surface area contributed by atoms with Crippen LogP contribution in [0.25, 0.3) is 11.3 Å². The van der Waals surface area contributed by atoms with Gasteiger partial charge in [0, 0.05) is 11.8 Å². The fourth-order valence-corrected chi connectivity index (χ4v) is 2.25. The molecule has 0 radical (unpaired) electrons. The summed E-state index contributed by atoms with van der Waals surface area (Å²) in [6.45, 7) is 0.351. The Bertz CT molecular complexity index is 845. The fourth-order valence-electron chi connectivity index (χ4n) is 2.25. The second-order valence-electron chi connectivity index (χ2n) is 4.90. The first-order chi connectivity index (χ1) is 11.1. The van der Waals surface area contributed by atoms with Crippen molar-refractivity contribution in [3.63, 3.8) is 0 Å². The average molecular weight is 312 g/mol. The Morgan fingerprint density at radius 2 is 1.91 bits per heavy atom. The number of para-hydroxylation sites is 1. The van der Waals surface area contributed by atoms with Crippen LogP contribution in [0.5, 0.6) is 0 Å². The molecule has 1 aromatic heterocycles. The number of nitro groups is 1. The number of halogens is 1. The lowest BCUT2D eigenvalue weighted by molar-refractivity contribution is -0.384. The lowest BCUT2D eigenvalue weighted by Crippen LogP contribution is -1.98. The molecule has 23 heavy (non-hydrogen) atoms. The number of rotatable bonds is 5. The van der Waals surface area contributed by atoms with Crippen LogP contribution in [0.1, 0.15) is 5.76 Å². The van der Waals surface area contributed by atoms with Gasteiger partial charge in [0.25, 0.3) is 5.69 Å². The summed E-state index contributed by atoms with van der Waals surface area (Å²) in [4.78, 5) is 10.6. The first-order valence-electron chi connectivity index (χ1n) is 6.95. The highest BCUT2D eigenvalue weighted by Gasteiger charge is 2.17. The molecular weight excluding hydrogens is 299 g/mol. The summed E-state index contributed by atoms with van der Waals surface area (Å²) in [5.74, 6) is 0.700. The Morgan fingerprint density at radius 1 is 1.09 bits per heavy atom. The SMILES string of the molecule is O=[N+]([O-])c1ccccc1-c1ccc(CNc2cccc(F)c2)o1. The van der Waals surface area contributed by atoms with E-state index in [2.05, 4.69) is 5.32 Å². The summed E-state index contributed by atoms with van der Waals surface area (Å²) < 4.78 is 18.8. The van der Waals surface area contributed by atoms with Crippen molar-refractivity contribution in [1.82, 2.24) is 0 Å². The summed E-state index contributed by atoms with van der Waals surface area (Å²) in [6, 6.07) is 15.9. The topological polar surface area (TPSA) is 68.3 Å². The van der Waals surface area contributed by atoms with Crippen molar-refractivity contribution >= 4 is 11.4 Å². The Hall–Kier alpha value is -3.15. The van der Waals surface area contributed by atoms with Crippen molar-refractivity contribution in [3.8, 4) is 11.3 Å². The van der Waals surface area contributed by atoms with Crippen LogP contribution in [-0.2, 0) is 6.54 Å². The Morgan fingerprint density at radius 3 is 2.70 bits per heavy atom. The number of nitro benzene ring substituents is 1. The Kier molecular flexibility index (Phi) is 4.05. The van der Waals surface area contributed by atoms with Crippen molar-refractivity contribution in [2.75, 3.05) is 5.32 Å². The molecule has 6 heteroatoms. The van der Waals surface area contributed by atoms with Crippen LogP contribution < -0.4 is 5.32 Å². The molecular formula is C17H13FN2O3. The largest absolute Gasteiger partial charge is 0.459 e. The van der Waals surface area contributed by atoms with Gasteiger partial charge in [0.05, 0.1) is 17.0 Å². The first-order valence-corrected chi connectivity index (χ1v) is 6.95. The maximum Gasteiger partial charge on any atom is 0.280 e. The maximum absolute atomic E-state index is 13.1. The first kappa shape index (κ1) is 14.8. The number of nitrogens with zero attached hydrogens (tertiary/aromatic N) is 1. The summed E-state index contributed by atoms with van der Waals surface area (Å²) in [7, 11) is 0. The van der Waals surface area contributed by atoms with Gasteiger partial charge in [0.1, 0.15) is 17.3 Å². The monoisotopic (exact) mass is 312 g/mol. The molecule has 116 valence electrons. The van der Waals surface area contributed by atoms with E-state index in [9.17, 15) is 14.5 Å². The van der Waals surface area contributed by atoms with Gasteiger partial charge < -0.3 is 9.73 Å². The van der Waals surface area contributed by atoms with Crippen molar-refractivity contribution in [2.24, 2.45) is 0 Å². The predicted octanol–water partition coefficient (Wildman–Crippen LogP) is 4.61. The van der Waals surface area contributed by atoms with Crippen molar-refractivity contribution in [2.45, 2.75) is 6.54 Å². The molecule has 3 aromatic rings. The second kappa shape index (κ2) is 6.31. The fraction of sp³-hybridized carbons (Fsp3) is 0.0588. The van der Waals surface area contributed by atoms with E-state index in [0.717, 1.165) is 0 Å². The minimum Gasteiger partial charge on any atom is -0.459 e. The zero-order chi connectivity index (χ0) is 16.2. The van der Waals surface area contributed by atoms with Gasteiger partial charge in [-0.2, -0.15) is 0 Å². The van der Waals surface area contributed by atoms with Crippen molar-refractivity contribution in [3.05, 3.63) is 82.4 Å². The number of benzene rings is 2. The number of anilines is 1. The molecule has 0 aliphatic heterocycles. The normalized spacial score (nSPS) is 10.5. The highest BCUT2D eigenvalue weighted by molar-refractivity contribution is 5.69. The summed E-state index contributed by atoms with van der Waals surface area (Å²) in [5.41, 5.74) is 1.05. The average Bonchev–Trinajstić information content (AvgIpc) is 3.02. The van der Waals surface area contributed by atoms with Gasteiger partial charge in [-0.05, 0) is 36.4 Å². The van der Waals surface area contributed by atoms with Crippen LogP contribution in [0.3, 0.4) is 0 Å². The number of hydrogen-bond acceptors (Lipinski definition) is 4. The Balaban J connectivity index is 1.77. The number of nitrogens with one attached hydrogen (secondary N) is 1. The van der Waals surface area contributed by atoms with Gasteiger partial charge in [-0.25, -0.2) is 4.39 Å². The highest BCUT2D eigenvalue weighted by atomic mass is 19.1. The van der Waals surface area contributed by atoms with Gasteiger partial charge in [0.2, 0.25) is 0 Å². The molecule has 0 aliphatic carbocycles. The molecule has 3 rings (SSSR count). The molecule has 0 amide bonds. The molecule has 0 fully saturated rings. The lowest BCUT2D eigenvalue weighted by Gasteiger charge is -2.04. The second-order valence-corrected chi connectivity index (χ2v) is 4.90. The molecule has 5 nitrogen and oxygen atoms in total. The van der Waals surface area contributed by atoms with Gasteiger partial charge in [-0.15, -0.1) is 0 Å². The van der Waals surface area contributed by atoms with Crippen LogP contribution in [-0.4, -0.2) is 4.92 Å². The van der Waals surface area contributed by atoms with Crippen LogP contribution in [0.4, 0.5) is 15.8 Å². The standard InChI is InChI=1S/C17H13FN2O3/c18-12-4-3-5-13(10-12)19-11-14-8-9-17(23-14)15-6-1-2-7-16(15)20(21)22/h1-10,19H,11H2. The summed E-state index contributed by atoms with van der Waals surface area (Å²) in [5, 5.41) is 14.1. The molecule has 0 bridgehead atoms. The van der Waals surface area contributed by atoms with Crippen molar-refractivity contribution < 1.29 is 13.7 Å². The molecule has 2 aromatic carbocycles. The van der Waals surface area contributed by atoms with Crippen LogP contribution in [0.15, 0.2) is 65.1 Å². The molecule has 0 atom stereocenters. The Labute approximate surface area is 131 Å². The van der Waals surface area contributed by atoms with E-state index in [1.165, 1.54) is 18.2 Å². The predicted molar refractivity (Wildman–Crippen MR) is 84.5 cm³/mol. The van der Waals surface area contributed by atoms with E-state index in [1.54, 1.807) is 42.5 Å². The molecule has 0 aliphatic rings. The highest BCUT2D eigenvalue weighted by Crippen LogP contribution is 2.31. The quantitative estimate of drug-likeness (QED) is 0.552. The molecule has 1 heterocycles. The van der Waals surface area contributed by atoms with Crippen molar-refractivity contribution in [1.29, 1.82) is 0 Å². The summed E-state index contributed by atoms with van der Waals surface area (Å²) in [6.07, 6.45) is 0. The third kappa shape index (κ3) is 3.37. The van der Waals surface area contributed by atoms with Crippen LogP contribution in [0, 0.1) is 15.9 Å². The van der Waals surface area contributed by atoms with Crippen LogP contribution in [0.2, 0.25) is 0 Å². The lowest BCUT2D eigenvalue weighted by atomic mass is 10.1. The van der Waals surface area contributed by atoms with E-state index in [1.807, 2.05) is 0 Å². The van der Waals surface area contributed by atoms with Gasteiger partial charge in [-0.1, -0.05) is 18.2 Å². The summed E-state index contributed by atoms with van der Waals surface area (Å²) >= 11 is 0. The maximum atomic E-state index is 13.1. The number of furan rings is 1. The van der Waals surface area contributed by atoms with Crippen LogP contribution >= 0.6 is 0 Å². The zero-order valence-electron chi connectivity index (χ0n) is 12.0. The van der Waals surface area contributed by atoms with E-state index in [0.29, 0.717) is 29.3 Å². The minimum absolute atomic E-state index is 0.00788. The smallest absolute Gasteiger partial charge is 0.280 e. The third-order valence-electron chi connectivity index (χ3n) is 3.32. The van der Waals surface area contributed by atoms with Gasteiger partial charge in [0.15, 0.2) is 0 Å². The van der Waals surface area contributed by atoms with E-state index in [4.69, 9.17) is 4.42 Å². The number of hydrogen-bond donors (Lipinski definition) is 1. The molecule has 0 unspecified atom stereocenters. The molecule has 1 N–H and O–H groups in total. The van der Waals surface area contributed by atoms with Gasteiger partial charge >= 0.3 is 0 Å². The minimum atomic E-state index is -0.442.